The summed E-state index contributed by atoms with van der Waals surface area (Å²) in [7, 11) is 4.00. The first-order valence-corrected chi connectivity index (χ1v) is 10.7. The van der Waals surface area contributed by atoms with Gasteiger partial charge in [-0.15, -0.1) is 0 Å². The van der Waals surface area contributed by atoms with Crippen molar-refractivity contribution in [1.82, 2.24) is 4.98 Å². The molecule has 5 nitrogen and oxygen atoms in total. The van der Waals surface area contributed by atoms with Gasteiger partial charge in [-0.2, -0.15) is 0 Å². The Morgan fingerprint density at radius 2 is 2.00 bits per heavy atom. The predicted octanol–water partition coefficient (Wildman–Crippen LogP) is 6.65. The Hall–Kier alpha value is -2.96. The number of rotatable bonds is 6. The molecular formula is C24H22Cl2FN3O2. The highest BCUT2D eigenvalue weighted by atomic mass is 35.5. The number of nitrogens with zero attached hydrogens (tertiary/aromatic N) is 2. The minimum absolute atomic E-state index is 0.0930. The van der Waals surface area contributed by atoms with Gasteiger partial charge in [-0.3, -0.25) is 0 Å². The molecule has 0 unspecified atom stereocenters. The first-order chi connectivity index (χ1) is 15.3. The molecule has 8 heteroatoms. The van der Waals surface area contributed by atoms with Crippen LogP contribution >= 0.6 is 23.2 Å². The van der Waals surface area contributed by atoms with E-state index in [9.17, 15) is 4.39 Å². The lowest BCUT2D eigenvalue weighted by atomic mass is 10.0. The summed E-state index contributed by atoms with van der Waals surface area (Å²) in [6.07, 6.45) is 3.30. The Labute approximate surface area is 195 Å². The first kappa shape index (κ1) is 22.2. The van der Waals surface area contributed by atoms with Crippen LogP contribution < -0.4 is 15.4 Å². The summed E-state index contributed by atoms with van der Waals surface area (Å²) >= 11 is 12.4. The first-order valence-electron chi connectivity index (χ1n) is 9.97. The molecule has 2 aromatic heterocycles. The van der Waals surface area contributed by atoms with Gasteiger partial charge < -0.3 is 19.8 Å². The third kappa shape index (κ3) is 4.20. The highest BCUT2D eigenvalue weighted by molar-refractivity contribution is 6.36. The van der Waals surface area contributed by atoms with Crippen LogP contribution in [0.15, 0.2) is 53.3 Å². The number of hydrogen-bond acceptors (Lipinski definition) is 5. The Balaban J connectivity index is 1.69. The maximum atomic E-state index is 14.0. The maximum Gasteiger partial charge on any atom is 0.205 e. The van der Waals surface area contributed by atoms with Crippen molar-refractivity contribution < 1.29 is 13.5 Å². The summed E-state index contributed by atoms with van der Waals surface area (Å²) in [6.45, 7) is 1.71. The van der Waals surface area contributed by atoms with E-state index < -0.39 is 11.9 Å². The van der Waals surface area contributed by atoms with Gasteiger partial charge in [0.15, 0.2) is 11.4 Å². The van der Waals surface area contributed by atoms with Crippen molar-refractivity contribution in [3.8, 4) is 5.75 Å². The SMILES string of the molecule is C[C@@H](Oc1c(N)ncc2c(Cc3cccc(N(C)C)c3)coc12)c1c(Cl)ccc(F)c1Cl. The van der Waals surface area contributed by atoms with E-state index in [0.717, 1.165) is 22.2 Å². The van der Waals surface area contributed by atoms with Gasteiger partial charge in [0, 0.05) is 53.9 Å². The topological polar surface area (TPSA) is 64.5 Å². The summed E-state index contributed by atoms with van der Waals surface area (Å²) in [6, 6.07) is 10.9. The smallest absolute Gasteiger partial charge is 0.205 e. The minimum Gasteiger partial charge on any atom is -0.478 e. The lowest BCUT2D eigenvalue weighted by Gasteiger charge is -2.18. The Bertz CT molecular complexity index is 1290. The number of ether oxygens (including phenoxy) is 1. The Morgan fingerprint density at radius 3 is 2.75 bits per heavy atom. The summed E-state index contributed by atoms with van der Waals surface area (Å²) in [4.78, 5) is 6.33. The molecule has 0 saturated carbocycles. The van der Waals surface area contributed by atoms with Gasteiger partial charge in [-0.05, 0) is 36.8 Å². The number of benzene rings is 2. The van der Waals surface area contributed by atoms with Crippen molar-refractivity contribution in [3.05, 3.63) is 81.4 Å². The lowest BCUT2D eigenvalue weighted by Crippen LogP contribution is -2.08. The molecule has 0 fully saturated rings. The van der Waals surface area contributed by atoms with Crippen LogP contribution in [0.2, 0.25) is 10.0 Å². The van der Waals surface area contributed by atoms with Gasteiger partial charge in [0.05, 0.1) is 11.3 Å². The van der Waals surface area contributed by atoms with E-state index in [4.69, 9.17) is 38.1 Å². The zero-order valence-electron chi connectivity index (χ0n) is 17.8. The van der Waals surface area contributed by atoms with E-state index in [0.29, 0.717) is 22.6 Å². The molecule has 4 aromatic rings. The van der Waals surface area contributed by atoms with Gasteiger partial charge in [0.2, 0.25) is 5.75 Å². The number of pyridine rings is 1. The molecule has 0 amide bonds. The third-order valence-electron chi connectivity index (χ3n) is 5.28. The fraction of sp³-hybridized carbons (Fsp3) is 0.208. The third-order valence-corrected chi connectivity index (χ3v) is 6.00. The molecule has 0 bridgehead atoms. The monoisotopic (exact) mass is 473 g/mol. The number of aromatic nitrogens is 1. The Kier molecular flexibility index (Phi) is 6.17. The van der Waals surface area contributed by atoms with Gasteiger partial charge in [-0.1, -0.05) is 35.3 Å². The van der Waals surface area contributed by atoms with Crippen molar-refractivity contribution in [2.75, 3.05) is 24.7 Å². The quantitative estimate of drug-likeness (QED) is 0.317. The molecule has 0 spiro atoms. The molecule has 2 heterocycles. The molecule has 0 aliphatic rings. The number of nitrogen functional groups attached to an aromatic ring is 1. The number of fused-ring (bicyclic) bond motifs is 1. The molecular weight excluding hydrogens is 452 g/mol. The van der Waals surface area contributed by atoms with Gasteiger partial charge in [0.1, 0.15) is 11.9 Å². The summed E-state index contributed by atoms with van der Waals surface area (Å²) in [5, 5.41) is 0.987. The highest BCUT2D eigenvalue weighted by Crippen LogP contribution is 2.40. The van der Waals surface area contributed by atoms with Crippen molar-refractivity contribution in [1.29, 1.82) is 0 Å². The zero-order valence-corrected chi connectivity index (χ0v) is 19.3. The molecule has 32 heavy (non-hydrogen) atoms. The maximum absolute atomic E-state index is 14.0. The van der Waals surface area contributed by atoms with Crippen molar-refractivity contribution in [2.45, 2.75) is 19.4 Å². The molecule has 2 N–H and O–H groups in total. The molecule has 0 saturated heterocycles. The molecule has 2 aromatic carbocycles. The van der Waals surface area contributed by atoms with E-state index in [2.05, 4.69) is 28.1 Å². The second kappa shape index (κ2) is 8.88. The number of anilines is 2. The molecule has 0 aliphatic heterocycles. The average molecular weight is 474 g/mol. The molecule has 166 valence electrons. The van der Waals surface area contributed by atoms with Crippen molar-refractivity contribution >= 4 is 45.7 Å². The molecule has 0 radical (unpaired) electrons. The fourth-order valence-corrected chi connectivity index (χ4v) is 4.27. The number of nitrogens with two attached hydrogens (primary N) is 1. The van der Waals surface area contributed by atoms with Gasteiger partial charge in [-0.25, -0.2) is 9.37 Å². The molecule has 1 atom stereocenters. The minimum atomic E-state index is -0.689. The lowest BCUT2D eigenvalue weighted by molar-refractivity contribution is 0.227. The van der Waals surface area contributed by atoms with E-state index in [1.807, 2.05) is 20.2 Å². The summed E-state index contributed by atoms with van der Waals surface area (Å²) < 4.78 is 25.9. The van der Waals surface area contributed by atoms with E-state index in [1.165, 1.54) is 12.1 Å². The van der Waals surface area contributed by atoms with Crippen molar-refractivity contribution in [3.63, 3.8) is 0 Å². The number of furan rings is 1. The largest absolute Gasteiger partial charge is 0.478 e. The van der Waals surface area contributed by atoms with Gasteiger partial charge in [0.25, 0.3) is 0 Å². The molecule has 0 aliphatic carbocycles. The van der Waals surface area contributed by atoms with Crippen molar-refractivity contribution in [2.24, 2.45) is 0 Å². The van der Waals surface area contributed by atoms with E-state index in [-0.39, 0.29) is 16.6 Å². The predicted molar refractivity (Wildman–Crippen MR) is 127 cm³/mol. The normalized spacial score (nSPS) is 12.2. The fourth-order valence-electron chi connectivity index (χ4n) is 3.60. The van der Waals surface area contributed by atoms with E-state index >= 15 is 0 Å². The summed E-state index contributed by atoms with van der Waals surface area (Å²) in [5.74, 6) is -0.158. The standard InChI is InChI=1S/C24H22Cl2FN3O2/c1-13(20-18(25)7-8-19(27)21(20)26)32-23-22-17(11-29-24(23)28)15(12-31-22)9-14-5-4-6-16(10-14)30(2)3/h4-8,10-13H,9H2,1-3H3,(H2,28,29)/t13-/m1/s1. The number of hydrogen-bond donors (Lipinski definition) is 1. The van der Waals surface area contributed by atoms with Crippen LogP contribution in [0, 0.1) is 5.82 Å². The summed E-state index contributed by atoms with van der Waals surface area (Å²) in [5.41, 5.74) is 10.1. The number of halogens is 3. The van der Waals surface area contributed by atoms with E-state index in [1.54, 1.807) is 19.4 Å². The van der Waals surface area contributed by atoms with Crippen LogP contribution in [0.1, 0.15) is 29.7 Å². The van der Waals surface area contributed by atoms with Crippen LogP contribution in [-0.4, -0.2) is 19.1 Å². The zero-order chi connectivity index (χ0) is 23.0. The highest BCUT2D eigenvalue weighted by Gasteiger charge is 2.23. The van der Waals surface area contributed by atoms with Crippen LogP contribution in [-0.2, 0) is 6.42 Å². The van der Waals surface area contributed by atoms with Crippen LogP contribution in [0.4, 0.5) is 15.9 Å². The second-order valence-corrected chi connectivity index (χ2v) is 8.52. The van der Waals surface area contributed by atoms with Crippen LogP contribution in [0.3, 0.4) is 0 Å². The van der Waals surface area contributed by atoms with Crippen LogP contribution in [0.25, 0.3) is 11.0 Å². The second-order valence-electron chi connectivity index (χ2n) is 7.73. The van der Waals surface area contributed by atoms with Gasteiger partial charge >= 0.3 is 0 Å². The average Bonchev–Trinajstić information content (AvgIpc) is 3.16. The Morgan fingerprint density at radius 1 is 1.22 bits per heavy atom. The van der Waals surface area contributed by atoms with Crippen LogP contribution in [0.5, 0.6) is 5.75 Å². The molecule has 4 rings (SSSR count).